The smallest absolute Gasteiger partial charge is 0.388 e. The third-order valence-corrected chi connectivity index (χ3v) is 2.34. The van der Waals surface area contributed by atoms with Crippen molar-refractivity contribution in [1.29, 1.82) is 0 Å². The highest BCUT2D eigenvalue weighted by molar-refractivity contribution is 7.80. The summed E-state index contributed by atoms with van der Waals surface area (Å²) < 4.78 is 28.4. The zero-order chi connectivity index (χ0) is 10.8. The van der Waals surface area contributed by atoms with Crippen LogP contribution in [0.4, 0.5) is 8.78 Å². The molecule has 15 heavy (non-hydrogen) atoms. The Morgan fingerprint density at radius 2 is 2.00 bits per heavy atom. The molecule has 0 atom stereocenters. The Kier molecular flexibility index (Phi) is 2.73. The minimum absolute atomic E-state index is 0.0709. The predicted molar refractivity (Wildman–Crippen MR) is 55.6 cm³/mol. The third-order valence-electron chi connectivity index (χ3n) is 1.95. The zero-order valence-electron chi connectivity index (χ0n) is 7.52. The lowest BCUT2D eigenvalue weighted by atomic mass is 10.2. The first kappa shape index (κ1) is 10.2. The summed E-state index contributed by atoms with van der Waals surface area (Å²) in [5.41, 5.74) is 0. The van der Waals surface area contributed by atoms with E-state index in [2.05, 4.69) is 22.3 Å². The SMILES string of the molecule is FC(F)Oc1nccc2c(S)cccc12. The van der Waals surface area contributed by atoms with Crippen LogP contribution >= 0.6 is 12.6 Å². The van der Waals surface area contributed by atoms with E-state index in [-0.39, 0.29) is 5.88 Å². The molecule has 0 aliphatic heterocycles. The summed E-state index contributed by atoms with van der Waals surface area (Å²) in [7, 11) is 0. The fourth-order valence-corrected chi connectivity index (χ4v) is 1.62. The van der Waals surface area contributed by atoms with Gasteiger partial charge >= 0.3 is 6.61 Å². The van der Waals surface area contributed by atoms with Gasteiger partial charge in [0.2, 0.25) is 5.88 Å². The van der Waals surface area contributed by atoms with Crippen molar-refractivity contribution in [3.05, 3.63) is 30.5 Å². The van der Waals surface area contributed by atoms with Crippen LogP contribution in [0.5, 0.6) is 5.88 Å². The molecule has 2 aromatic rings. The van der Waals surface area contributed by atoms with Crippen molar-refractivity contribution in [2.75, 3.05) is 0 Å². The van der Waals surface area contributed by atoms with Gasteiger partial charge < -0.3 is 4.74 Å². The summed E-state index contributed by atoms with van der Waals surface area (Å²) in [5.74, 6) is -0.0709. The van der Waals surface area contributed by atoms with Crippen LogP contribution in [-0.4, -0.2) is 11.6 Å². The summed E-state index contributed by atoms with van der Waals surface area (Å²) in [5, 5.41) is 1.27. The van der Waals surface area contributed by atoms with Crippen molar-refractivity contribution >= 4 is 23.4 Å². The first-order valence-corrected chi connectivity index (χ1v) is 4.64. The molecule has 0 aliphatic carbocycles. The number of hydrogen-bond donors (Lipinski definition) is 1. The Morgan fingerprint density at radius 1 is 1.20 bits per heavy atom. The van der Waals surface area contributed by atoms with Gasteiger partial charge in [-0.25, -0.2) is 4.98 Å². The van der Waals surface area contributed by atoms with Crippen LogP contribution in [0.15, 0.2) is 35.4 Å². The van der Waals surface area contributed by atoms with Crippen LogP contribution in [0.3, 0.4) is 0 Å². The van der Waals surface area contributed by atoms with E-state index in [1.807, 2.05) is 0 Å². The summed E-state index contributed by atoms with van der Waals surface area (Å²) in [6.07, 6.45) is 1.42. The number of benzene rings is 1. The molecule has 0 saturated heterocycles. The van der Waals surface area contributed by atoms with Gasteiger partial charge in [0.1, 0.15) is 0 Å². The quantitative estimate of drug-likeness (QED) is 0.796. The number of alkyl halides is 2. The first-order valence-electron chi connectivity index (χ1n) is 4.20. The molecule has 0 aliphatic rings. The van der Waals surface area contributed by atoms with E-state index in [4.69, 9.17) is 0 Å². The molecule has 1 aromatic carbocycles. The van der Waals surface area contributed by atoms with Gasteiger partial charge in [-0.1, -0.05) is 6.07 Å². The largest absolute Gasteiger partial charge is 0.416 e. The highest BCUT2D eigenvalue weighted by atomic mass is 32.1. The zero-order valence-corrected chi connectivity index (χ0v) is 8.42. The van der Waals surface area contributed by atoms with Gasteiger partial charge in [-0.05, 0) is 18.2 Å². The molecule has 0 amide bonds. The fourth-order valence-electron chi connectivity index (χ4n) is 1.34. The third kappa shape index (κ3) is 2.02. The highest BCUT2D eigenvalue weighted by Crippen LogP contribution is 2.28. The van der Waals surface area contributed by atoms with Crippen molar-refractivity contribution in [2.24, 2.45) is 0 Å². The molecule has 0 bridgehead atoms. The Morgan fingerprint density at radius 3 is 2.73 bits per heavy atom. The van der Waals surface area contributed by atoms with Crippen LogP contribution < -0.4 is 4.74 Å². The Balaban J connectivity index is 2.61. The second-order valence-electron chi connectivity index (χ2n) is 2.87. The molecule has 0 spiro atoms. The lowest BCUT2D eigenvalue weighted by molar-refractivity contribution is -0.0517. The van der Waals surface area contributed by atoms with E-state index in [0.29, 0.717) is 10.3 Å². The summed E-state index contributed by atoms with van der Waals surface area (Å²) in [6.45, 7) is -2.87. The van der Waals surface area contributed by atoms with Gasteiger partial charge in [0, 0.05) is 21.9 Å². The molecule has 2 rings (SSSR count). The van der Waals surface area contributed by atoms with Gasteiger partial charge in [-0.15, -0.1) is 12.6 Å². The van der Waals surface area contributed by atoms with E-state index >= 15 is 0 Å². The van der Waals surface area contributed by atoms with Gasteiger partial charge in [-0.2, -0.15) is 8.78 Å². The van der Waals surface area contributed by atoms with Crippen molar-refractivity contribution in [3.63, 3.8) is 0 Å². The molecule has 1 aromatic heterocycles. The number of aromatic nitrogens is 1. The van der Waals surface area contributed by atoms with E-state index in [1.165, 1.54) is 6.20 Å². The minimum atomic E-state index is -2.87. The van der Waals surface area contributed by atoms with E-state index < -0.39 is 6.61 Å². The number of ether oxygens (including phenoxy) is 1. The number of hydrogen-bond acceptors (Lipinski definition) is 3. The number of rotatable bonds is 2. The number of halogens is 2. The number of nitrogens with zero attached hydrogens (tertiary/aromatic N) is 1. The van der Waals surface area contributed by atoms with Crippen LogP contribution in [0.25, 0.3) is 10.8 Å². The molecule has 0 N–H and O–H groups in total. The fraction of sp³-hybridized carbons (Fsp3) is 0.100. The molecule has 5 heteroatoms. The van der Waals surface area contributed by atoms with Crippen LogP contribution in [-0.2, 0) is 0 Å². The Hall–Kier alpha value is -1.36. The molecule has 2 nitrogen and oxygen atoms in total. The average molecular weight is 227 g/mol. The maximum Gasteiger partial charge on any atom is 0.388 e. The Labute approximate surface area is 90.3 Å². The Bertz CT molecular complexity index is 490. The summed E-state index contributed by atoms with van der Waals surface area (Å²) in [4.78, 5) is 4.45. The van der Waals surface area contributed by atoms with E-state index in [9.17, 15) is 8.78 Å². The molecule has 1 heterocycles. The van der Waals surface area contributed by atoms with Crippen molar-refractivity contribution in [3.8, 4) is 5.88 Å². The van der Waals surface area contributed by atoms with Crippen molar-refractivity contribution in [2.45, 2.75) is 11.5 Å². The average Bonchev–Trinajstić information content (AvgIpc) is 2.19. The number of thiol groups is 1. The molecule has 78 valence electrons. The molecule has 0 unspecified atom stereocenters. The van der Waals surface area contributed by atoms with Gasteiger partial charge in [0.15, 0.2) is 0 Å². The molecule has 0 fully saturated rings. The number of fused-ring (bicyclic) bond motifs is 1. The van der Waals surface area contributed by atoms with Crippen molar-refractivity contribution < 1.29 is 13.5 Å². The van der Waals surface area contributed by atoms with Gasteiger partial charge in [-0.3, -0.25) is 0 Å². The summed E-state index contributed by atoms with van der Waals surface area (Å²) in [6, 6.07) is 6.86. The standard InChI is InChI=1S/C10H7F2NOS/c11-10(12)14-9-7-2-1-3-8(15)6(7)4-5-13-9/h1-5,10,15H. The number of pyridine rings is 1. The lowest BCUT2D eigenvalue weighted by Gasteiger charge is -2.07. The highest BCUT2D eigenvalue weighted by Gasteiger charge is 2.10. The van der Waals surface area contributed by atoms with Gasteiger partial charge in [0.25, 0.3) is 0 Å². The van der Waals surface area contributed by atoms with E-state index in [1.54, 1.807) is 24.3 Å². The van der Waals surface area contributed by atoms with Crippen LogP contribution in [0, 0.1) is 0 Å². The normalized spacial score (nSPS) is 10.9. The van der Waals surface area contributed by atoms with E-state index in [0.717, 1.165) is 5.39 Å². The first-order chi connectivity index (χ1) is 7.18. The monoisotopic (exact) mass is 227 g/mol. The molecular weight excluding hydrogens is 220 g/mol. The maximum atomic E-state index is 12.1. The van der Waals surface area contributed by atoms with Gasteiger partial charge in [0.05, 0.1) is 0 Å². The second kappa shape index (κ2) is 4.02. The minimum Gasteiger partial charge on any atom is -0.416 e. The predicted octanol–water partition coefficient (Wildman–Crippen LogP) is 3.12. The molecular formula is C10H7F2NOS. The van der Waals surface area contributed by atoms with Crippen LogP contribution in [0.2, 0.25) is 0 Å². The topological polar surface area (TPSA) is 22.1 Å². The van der Waals surface area contributed by atoms with Crippen LogP contribution in [0.1, 0.15) is 0 Å². The second-order valence-corrected chi connectivity index (χ2v) is 3.35. The summed E-state index contributed by atoms with van der Waals surface area (Å²) >= 11 is 4.22. The molecule has 0 saturated carbocycles. The molecule has 0 radical (unpaired) electrons. The maximum absolute atomic E-state index is 12.1. The van der Waals surface area contributed by atoms with Crippen molar-refractivity contribution in [1.82, 2.24) is 4.98 Å². The lowest BCUT2D eigenvalue weighted by Crippen LogP contribution is -2.03.